The van der Waals surface area contributed by atoms with Crippen LogP contribution in [0.25, 0.3) is 0 Å². The van der Waals surface area contributed by atoms with Gasteiger partial charge in [-0.3, -0.25) is 4.90 Å². The predicted octanol–water partition coefficient (Wildman–Crippen LogP) is 3.12. The molecule has 0 aromatic heterocycles. The molecule has 0 spiro atoms. The fraction of sp³-hybridized carbons (Fsp3) is 0.647. The first-order chi connectivity index (χ1) is 10.1. The molecule has 1 N–H and O–H groups in total. The Bertz CT molecular complexity index is 477. The number of hydrogen-bond acceptors (Lipinski definition) is 3. The topological polar surface area (TPSA) is 18.5 Å². The van der Waals surface area contributed by atoms with Gasteiger partial charge in [-0.1, -0.05) is 31.5 Å². The van der Waals surface area contributed by atoms with Crippen molar-refractivity contribution in [2.75, 3.05) is 31.1 Å². The zero-order chi connectivity index (χ0) is 14.8. The summed E-state index contributed by atoms with van der Waals surface area (Å²) < 4.78 is 0. The fourth-order valence-corrected chi connectivity index (χ4v) is 3.23. The van der Waals surface area contributed by atoms with Gasteiger partial charge in [0.2, 0.25) is 0 Å². The van der Waals surface area contributed by atoms with Gasteiger partial charge in [-0.15, -0.1) is 0 Å². The minimum absolute atomic E-state index is 0.500. The molecular formula is C17H26ClN3. The first-order valence-electron chi connectivity index (χ1n) is 8.14. The Morgan fingerprint density at radius 1 is 1.19 bits per heavy atom. The summed E-state index contributed by atoms with van der Waals surface area (Å²) in [6.07, 6.45) is 2.81. The van der Waals surface area contributed by atoms with Gasteiger partial charge in [0.15, 0.2) is 0 Å². The molecule has 0 atom stereocenters. The Morgan fingerprint density at radius 3 is 2.52 bits per heavy atom. The summed E-state index contributed by atoms with van der Waals surface area (Å²) in [6, 6.07) is 7.68. The van der Waals surface area contributed by atoms with E-state index in [1.165, 1.54) is 37.2 Å². The third kappa shape index (κ3) is 3.91. The van der Waals surface area contributed by atoms with Crippen LogP contribution in [-0.2, 0) is 6.54 Å². The third-order valence-corrected chi connectivity index (χ3v) is 4.70. The van der Waals surface area contributed by atoms with Gasteiger partial charge < -0.3 is 10.2 Å². The van der Waals surface area contributed by atoms with E-state index < -0.39 is 0 Å². The van der Waals surface area contributed by atoms with Gasteiger partial charge in [0, 0.05) is 55.5 Å². The summed E-state index contributed by atoms with van der Waals surface area (Å²) in [5.41, 5.74) is 2.67. The molecule has 0 amide bonds. The lowest BCUT2D eigenvalue weighted by Gasteiger charge is -2.37. The van der Waals surface area contributed by atoms with E-state index in [2.05, 4.69) is 41.1 Å². The van der Waals surface area contributed by atoms with Crippen LogP contribution in [0.4, 0.5) is 5.69 Å². The molecule has 1 heterocycles. The van der Waals surface area contributed by atoms with Crippen molar-refractivity contribution in [2.24, 2.45) is 0 Å². The predicted molar refractivity (Wildman–Crippen MR) is 90.2 cm³/mol. The maximum Gasteiger partial charge on any atom is 0.0427 e. The van der Waals surface area contributed by atoms with E-state index in [1.807, 2.05) is 6.07 Å². The number of anilines is 1. The standard InChI is InChI=1S/C17H26ClN3/c1-13(2)19-12-14-3-4-15(18)11-17(14)21-9-7-20(8-10-21)16-5-6-16/h3-4,11,13,16,19H,5-10,12H2,1-2H3. The average Bonchev–Trinajstić information content (AvgIpc) is 3.30. The summed E-state index contributed by atoms with van der Waals surface area (Å²) in [5, 5.41) is 4.35. The Kier molecular flexibility index (Phi) is 4.72. The Labute approximate surface area is 133 Å². The number of nitrogens with zero attached hydrogens (tertiary/aromatic N) is 2. The highest BCUT2D eigenvalue weighted by Crippen LogP contribution is 2.30. The van der Waals surface area contributed by atoms with Crippen LogP contribution in [0.5, 0.6) is 0 Å². The molecule has 3 nitrogen and oxygen atoms in total. The molecule has 1 saturated carbocycles. The second-order valence-electron chi connectivity index (χ2n) is 6.56. The molecule has 3 rings (SSSR count). The number of rotatable bonds is 5. The van der Waals surface area contributed by atoms with Gasteiger partial charge in [-0.25, -0.2) is 0 Å². The van der Waals surface area contributed by atoms with E-state index in [4.69, 9.17) is 11.6 Å². The fourth-order valence-electron chi connectivity index (χ4n) is 3.06. The lowest BCUT2D eigenvalue weighted by atomic mass is 10.1. The molecule has 0 bridgehead atoms. The monoisotopic (exact) mass is 307 g/mol. The second kappa shape index (κ2) is 6.55. The third-order valence-electron chi connectivity index (χ3n) is 4.47. The number of hydrogen-bond donors (Lipinski definition) is 1. The molecular weight excluding hydrogens is 282 g/mol. The van der Waals surface area contributed by atoms with Crippen molar-refractivity contribution in [2.45, 2.75) is 45.3 Å². The quantitative estimate of drug-likeness (QED) is 0.901. The summed E-state index contributed by atoms with van der Waals surface area (Å²) >= 11 is 6.23. The van der Waals surface area contributed by atoms with Crippen molar-refractivity contribution in [3.05, 3.63) is 28.8 Å². The second-order valence-corrected chi connectivity index (χ2v) is 7.00. The maximum absolute atomic E-state index is 6.23. The van der Waals surface area contributed by atoms with Crippen LogP contribution in [0.15, 0.2) is 18.2 Å². The van der Waals surface area contributed by atoms with E-state index in [0.29, 0.717) is 6.04 Å². The average molecular weight is 308 g/mol. The van der Waals surface area contributed by atoms with E-state index in [1.54, 1.807) is 0 Å². The maximum atomic E-state index is 6.23. The molecule has 1 aliphatic heterocycles. The summed E-state index contributed by atoms with van der Waals surface area (Å²) in [5.74, 6) is 0. The zero-order valence-corrected chi connectivity index (χ0v) is 13.9. The van der Waals surface area contributed by atoms with Crippen molar-refractivity contribution in [3.63, 3.8) is 0 Å². The highest BCUT2D eigenvalue weighted by Gasteiger charge is 2.31. The van der Waals surface area contributed by atoms with E-state index in [9.17, 15) is 0 Å². The van der Waals surface area contributed by atoms with Crippen molar-refractivity contribution in [1.82, 2.24) is 10.2 Å². The van der Waals surface area contributed by atoms with Crippen LogP contribution in [0.3, 0.4) is 0 Å². The molecule has 1 aromatic rings. The van der Waals surface area contributed by atoms with E-state index in [-0.39, 0.29) is 0 Å². The molecule has 1 aromatic carbocycles. The van der Waals surface area contributed by atoms with Crippen molar-refractivity contribution < 1.29 is 0 Å². The largest absolute Gasteiger partial charge is 0.369 e. The molecule has 0 unspecified atom stereocenters. The lowest BCUT2D eigenvalue weighted by molar-refractivity contribution is 0.248. The first kappa shape index (κ1) is 15.1. The van der Waals surface area contributed by atoms with Crippen LogP contribution >= 0.6 is 11.6 Å². The van der Waals surface area contributed by atoms with Gasteiger partial charge >= 0.3 is 0 Å². The highest BCUT2D eigenvalue weighted by atomic mass is 35.5. The Hall–Kier alpha value is -0.770. The number of nitrogens with one attached hydrogen (secondary N) is 1. The van der Waals surface area contributed by atoms with E-state index >= 15 is 0 Å². The molecule has 1 saturated heterocycles. The Balaban J connectivity index is 1.69. The van der Waals surface area contributed by atoms with Crippen molar-refractivity contribution in [1.29, 1.82) is 0 Å². The van der Waals surface area contributed by atoms with Crippen LogP contribution in [0.2, 0.25) is 5.02 Å². The first-order valence-corrected chi connectivity index (χ1v) is 8.52. The van der Waals surface area contributed by atoms with Crippen LogP contribution in [0, 0.1) is 0 Å². The normalized spacial score (nSPS) is 20.3. The molecule has 2 aliphatic rings. The molecule has 0 radical (unpaired) electrons. The van der Waals surface area contributed by atoms with E-state index in [0.717, 1.165) is 30.7 Å². The van der Waals surface area contributed by atoms with Crippen molar-refractivity contribution in [3.8, 4) is 0 Å². The van der Waals surface area contributed by atoms with Gasteiger partial charge in [0.1, 0.15) is 0 Å². The number of halogens is 1. The number of piperazine rings is 1. The Morgan fingerprint density at radius 2 is 1.90 bits per heavy atom. The van der Waals surface area contributed by atoms with Crippen molar-refractivity contribution >= 4 is 17.3 Å². The molecule has 4 heteroatoms. The molecule has 2 fully saturated rings. The summed E-state index contributed by atoms with van der Waals surface area (Å²) in [6.45, 7) is 9.89. The summed E-state index contributed by atoms with van der Waals surface area (Å²) in [4.78, 5) is 5.15. The number of benzene rings is 1. The zero-order valence-electron chi connectivity index (χ0n) is 13.1. The van der Waals surface area contributed by atoms with Gasteiger partial charge in [-0.2, -0.15) is 0 Å². The van der Waals surface area contributed by atoms with Crippen LogP contribution < -0.4 is 10.2 Å². The highest BCUT2D eigenvalue weighted by molar-refractivity contribution is 6.30. The van der Waals surface area contributed by atoms with Crippen LogP contribution in [0.1, 0.15) is 32.3 Å². The van der Waals surface area contributed by atoms with Gasteiger partial charge in [0.05, 0.1) is 0 Å². The minimum Gasteiger partial charge on any atom is -0.369 e. The van der Waals surface area contributed by atoms with Gasteiger partial charge in [-0.05, 0) is 30.5 Å². The lowest BCUT2D eigenvalue weighted by Crippen LogP contribution is -2.47. The smallest absolute Gasteiger partial charge is 0.0427 e. The summed E-state index contributed by atoms with van der Waals surface area (Å²) in [7, 11) is 0. The van der Waals surface area contributed by atoms with Crippen LogP contribution in [-0.4, -0.2) is 43.2 Å². The minimum atomic E-state index is 0.500. The van der Waals surface area contributed by atoms with Gasteiger partial charge in [0.25, 0.3) is 0 Å². The molecule has 21 heavy (non-hydrogen) atoms. The SMILES string of the molecule is CC(C)NCc1ccc(Cl)cc1N1CCN(C2CC2)CC1. The molecule has 116 valence electrons. The molecule has 1 aliphatic carbocycles.